The Kier molecular flexibility index (Phi) is 4.94. The Morgan fingerprint density at radius 1 is 1.39 bits per heavy atom. The first-order valence-electron chi connectivity index (χ1n) is 6.94. The number of carbonyl (C=O) groups is 1. The molecule has 1 unspecified atom stereocenters. The molecule has 1 aromatic carbocycles. The highest BCUT2D eigenvalue weighted by molar-refractivity contribution is 5.98. The number of piperidine rings is 1. The van der Waals surface area contributed by atoms with E-state index in [4.69, 9.17) is 0 Å². The molecule has 1 saturated heterocycles. The van der Waals surface area contributed by atoms with Crippen LogP contribution in [0.1, 0.15) is 36.5 Å². The van der Waals surface area contributed by atoms with Crippen LogP contribution < -0.4 is 0 Å². The largest absolute Gasteiger partial charge is 0.302 e. The third kappa shape index (κ3) is 3.42. The van der Waals surface area contributed by atoms with Crippen molar-refractivity contribution in [2.45, 2.75) is 26.2 Å². The Labute approximate surface area is 110 Å². The van der Waals surface area contributed by atoms with Crippen LogP contribution in [0.15, 0.2) is 30.3 Å². The summed E-state index contributed by atoms with van der Waals surface area (Å²) in [6.45, 7) is 5.24. The maximum atomic E-state index is 12.4. The number of ketones is 1. The van der Waals surface area contributed by atoms with Gasteiger partial charge in [-0.15, -0.1) is 0 Å². The zero-order chi connectivity index (χ0) is 12.8. The van der Waals surface area contributed by atoms with E-state index < -0.39 is 0 Å². The first-order chi connectivity index (χ1) is 8.81. The normalized spacial score (nSPS) is 20.8. The molecule has 0 amide bonds. The minimum absolute atomic E-state index is 0.186. The Bertz CT molecular complexity index is 374. The van der Waals surface area contributed by atoms with Gasteiger partial charge >= 0.3 is 0 Å². The van der Waals surface area contributed by atoms with Crippen molar-refractivity contribution in [2.24, 2.45) is 5.92 Å². The summed E-state index contributed by atoms with van der Waals surface area (Å²) in [6.07, 6.45) is 5.57. The topological polar surface area (TPSA) is 20.3 Å². The van der Waals surface area contributed by atoms with Crippen LogP contribution in [0.2, 0.25) is 0 Å². The molecule has 1 fully saturated rings. The van der Waals surface area contributed by atoms with E-state index in [1.54, 1.807) is 0 Å². The molecule has 0 aromatic heterocycles. The number of benzene rings is 1. The van der Waals surface area contributed by atoms with Crippen LogP contribution in [0.5, 0.6) is 0 Å². The third-order valence-corrected chi connectivity index (χ3v) is 3.61. The molecule has 97 valence electrons. The van der Waals surface area contributed by atoms with E-state index in [9.17, 15) is 4.79 Å². The first-order valence-corrected chi connectivity index (χ1v) is 6.94. The molecule has 0 N–H and O–H groups in total. The number of unbranched alkanes of at least 4 members (excludes halogenated alkanes) is 1. The van der Waals surface area contributed by atoms with Crippen LogP contribution in [0.3, 0.4) is 0 Å². The van der Waals surface area contributed by atoms with Gasteiger partial charge in [0, 0.05) is 24.6 Å². The van der Waals surface area contributed by atoms with Crippen molar-refractivity contribution in [3.63, 3.8) is 0 Å². The quantitative estimate of drug-likeness (QED) is 0.741. The summed E-state index contributed by atoms with van der Waals surface area (Å²) in [4.78, 5) is 14.8. The highest BCUT2D eigenvalue weighted by Gasteiger charge is 2.25. The second-order valence-corrected chi connectivity index (χ2v) is 5.03. The molecular formula is C16H22NO. The lowest BCUT2D eigenvalue weighted by molar-refractivity contribution is 0.0828. The summed E-state index contributed by atoms with van der Waals surface area (Å²) < 4.78 is 0. The number of hydrogen-bond acceptors (Lipinski definition) is 2. The van der Waals surface area contributed by atoms with Gasteiger partial charge in [-0.3, -0.25) is 4.79 Å². The van der Waals surface area contributed by atoms with E-state index in [1.165, 1.54) is 0 Å². The van der Waals surface area contributed by atoms with E-state index >= 15 is 0 Å². The summed E-state index contributed by atoms with van der Waals surface area (Å²) in [5, 5.41) is 0. The Hall–Kier alpha value is -1.15. The van der Waals surface area contributed by atoms with Gasteiger partial charge in [-0.1, -0.05) is 43.7 Å². The summed E-state index contributed by atoms with van der Waals surface area (Å²) in [5.41, 5.74) is 0.865. The molecule has 2 nitrogen and oxygen atoms in total. The lowest BCUT2D eigenvalue weighted by atomic mass is 9.90. The molecule has 1 aliphatic heterocycles. The fourth-order valence-electron chi connectivity index (χ4n) is 2.59. The van der Waals surface area contributed by atoms with Gasteiger partial charge in [-0.2, -0.15) is 0 Å². The van der Waals surface area contributed by atoms with E-state index in [0.29, 0.717) is 5.78 Å². The van der Waals surface area contributed by atoms with Crippen LogP contribution in [-0.2, 0) is 0 Å². The lowest BCUT2D eigenvalue weighted by Gasteiger charge is -2.31. The number of hydrogen-bond donors (Lipinski definition) is 0. The maximum Gasteiger partial charge on any atom is 0.167 e. The van der Waals surface area contributed by atoms with E-state index in [-0.39, 0.29) is 5.92 Å². The molecule has 0 aliphatic carbocycles. The number of Topliss-reactive ketones (excluding diaryl/α,β-unsaturated/α-hetero) is 1. The van der Waals surface area contributed by atoms with Crippen molar-refractivity contribution in [3.05, 3.63) is 42.3 Å². The van der Waals surface area contributed by atoms with Gasteiger partial charge in [0.1, 0.15) is 0 Å². The number of likely N-dealkylation sites (tertiary alicyclic amines) is 1. The average Bonchev–Trinajstić information content (AvgIpc) is 2.45. The van der Waals surface area contributed by atoms with E-state index in [1.807, 2.05) is 30.3 Å². The van der Waals surface area contributed by atoms with Gasteiger partial charge in [0.2, 0.25) is 0 Å². The van der Waals surface area contributed by atoms with Crippen LogP contribution in [0, 0.1) is 12.3 Å². The monoisotopic (exact) mass is 244 g/mol. The maximum absolute atomic E-state index is 12.4. The molecule has 1 heterocycles. The predicted molar refractivity (Wildman–Crippen MR) is 74.5 cm³/mol. The number of nitrogens with zero attached hydrogens (tertiary/aromatic N) is 1. The standard InChI is InChI=1S/C16H22NO/c1-2-3-11-17-12-7-10-15(13-17)16(18)14-8-5-4-6-9-14/h3-6,8-9,15H,2,7,10-13H2,1H3. The van der Waals surface area contributed by atoms with E-state index in [0.717, 1.165) is 44.5 Å². The Balaban J connectivity index is 1.94. The molecule has 0 saturated carbocycles. The zero-order valence-corrected chi connectivity index (χ0v) is 11.1. The zero-order valence-electron chi connectivity index (χ0n) is 11.1. The van der Waals surface area contributed by atoms with Gasteiger partial charge in [-0.05, 0) is 25.8 Å². The summed E-state index contributed by atoms with van der Waals surface area (Å²) in [5.74, 6) is 0.503. The van der Waals surface area contributed by atoms with Gasteiger partial charge in [-0.25, -0.2) is 0 Å². The van der Waals surface area contributed by atoms with Crippen LogP contribution in [-0.4, -0.2) is 30.3 Å². The predicted octanol–water partition coefficient (Wildman–Crippen LogP) is 3.20. The summed E-state index contributed by atoms with van der Waals surface area (Å²) in [6, 6.07) is 9.70. The first kappa shape index (κ1) is 13.3. The van der Waals surface area contributed by atoms with Gasteiger partial charge < -0.3 is 4.90 Å². The molecule has 1 aromatic rings. The summed E-state index contributed by atoms with van der Waals surface area (Å²) >= 11 is 0. The van der Waals surface area contributed by atoms with Crippen LogP contribution in [0.25, 0.3) is 0 Å². The van der Waals surface area contributed by atoms with Crippen molar-refractivity contribution >= 4 is 5.78 Å². The minimum Gasteiger partial charge on any atom is -0.302 e. The molecular weight excluding hydrogens is 222 g/mol. The SMILES string of the molecule is CC[CH]CN1CCCC(C(=O)c2ccccc2)C1. The number of rotatable bonds is 5. The Morgan fingerprint density at radius 2 is 2.17 bits per heavy atom. The minimum atomic E-state index is 0.186. The highest BCUT2D eigenvalue weighted by atomic mass is 16.1. The van der Waals surface area contributed by atoms with Crippen molar-refractivity contribution < 1.29 is 4.79 Å². The van der Waals surface area contributed by atoms with E-state index in [2.05, 4.69) is 18.2 Å². The van der Waals surface area contributed by atoms with Gasteiger partial charge in [0.25, 0.3) is 0 Å². The molecule has 0 spiro atoms. The third-order valence-electron chi connectivity index (χ3n) is 3.61. The molecule has 1 radical (unpaired) electrons. The van der Waals surface area contributed by atoms with Crippen molar-refractivity contribution in [2.75, 3.05) is 19.6 Å². The van der Waals surface area contributed by atoms with Crippen LogP contribution in [0.4, 0.5) is 0 Å². The molecule has 18 heavy (non-hydrogen) atoms. The molecule has 2 heteroatoms. The average molecular weight is 244 g/mol. The fraction of sp³-hybridized carbons (Fsp3) is 0.500. The molecule has 1 aliphatic rings. The van der Waals surface area contributed by atoms with Crippen molar-refractivity contribution in [1.82, 2.24) is 4.90 Å². The smallest absolute Gasteiger partial charge is 0.167 e. The highest BCUT2D eigenvalue weighted by Crippen LogP contribution is 2.21. The molecule has 2 rings (SSSR count). The number of carbonyl (C=O) groups excluding carboxylic acids is 1. The second-order valence-electron chi connectivity index (χ2n) is 5.03. The van der Waals surface area contributed by atoms with Gasteiger partial charge in [0.15, 0.2) is 5.78 Å². The second kappa shape index (κ2) is 6.69. The Morgan fingerprint density at radius 3 is 2.89 bits per heavy atom. The van der Waals surface area contributed by atoms with Gasteiger partial charge in [0.05, 0.1) is 0 Å². The van der Waals surface area contributed by atoms with Crippen molar-refractivity contribution in [3.8, 4) is 0 Å². The molecule has 1 atom stereocenters. The molecule has 0 bridgehead atoms. The fourth-order valence-corrected chi connectivity index (χ4v) is 2.59. The van der Waals surface area contributed by atoms with Crippen LogP contribution >= 0.6 is 0 Å². The lowest BCUT2D eigenvalue weighted by Crippen LogP contribution is -2.39. The summed E-state index contributed by atoms with van der Waals surface area (Å²) in [7, 11) is 0. The van der Waals surface area contributed by atoms with Crippen molar-refractivity contribution in [1.29, 1.82) is 0 Å².